The van der Waals surface area contributed by atoms with Crippen LogP contribution in [0, 0.1) is 6.92 Å². The summed E-state index contributed by atoms with van der Waals surface area (Å²) in [5, 5.41) is 2.89. The Labute approximate surface area is 196 Å². The van der Waals surface area contributed by atoms with Gasteiger partial charge in [0.1, 0.15) is 5.75 Å². The summed E-state index contributed by atoms with van der Waals surface area (Å²) in [7, 11) is -3.70. The van der Waals surface area contributed by atoms with Crippen LogP contribution in [0.5, 0.6) is 5.75 Å². The molecule has 0 spiro atoms. The summed E-state index contributed by atoms with van der Waals surface area (Å²) in [4.78, 5) is 15.2. The summed E-state index contributed by atoms with van der Waals surface area (Å²) in [6.45, 7) is 10.4. The minimum atomic E-state index is -3.70. The van der Waals surface area contributed by atoms with Crippen LogP contribution in [0.3, 0.4) is 0 Å². The van der Waals surface area contributed by atoms with Gasteiger partial charge < -0.3 is 19.7 Å². The van der Waals surface area contributed by atoms with Gasteiger partial charge in [-0.15, -0.1) is 0 Å². The molecule has 1 aliphatic rings. The molecule has 1 fully saturated rings. The number of ether oxygens (including phenoxy) is 2. The zero-order valence-corrected chi connectivity index (χ0v) is 20.5. The van der Waals surface area contributed by atoms with Gasteiger partial charge in [0.25, 0.3) is 5.91 Å². The summed E-state index contributed by atoms with van der Waals surface area (Å²) < 4.78 is 38.8. The van der Waals surface area contributed by atoms with Crippen LogP contribution in [0.25, 0.3) is 0 Å². The van der Waals surface area contributed by atoms with Crippen molar-refractivity contribution >= 4 is 27.3 Å². The highest BCUT2D eigenvalue weighted by Gasteiger charge is 2.28. The highest BCUT2D eigenvalue weighted by atomic mass is 32.2. The van der Waals surface area contributed by atoms with Gasteiger partial charge in [0, 0.05) is 26.2 Å². The minimum Gasteiger partial charge on any atom is -0.481 e. The Kier molecular flexibility index (Phi) is 8.34. The third kappa shape index (κ3) is 6.04. The third-order valence-corrected chi connectivity index (χ3v) is 7.54. The number of nitrogens with one attached hydrogen (secondary N) is 1. The van der Waals surface area contributed by atoms with Crippen LogP contribution in [0.2, 0.25) is 0 Å². The normalized spacial score (nSPS) is 15.6. The number of morpholine rings is 1. The Morgan fingerprint density at radius 2 is 1.76 bits per heavy atom. The number of amides is 1. The molecule has 0 saturated carbocycles. The molecule has 9 heteroatoms. The number of benzene rings is 2. The summed E-state index contributed by atoms with van der Waals surface area (Å²) in [5.41, 5.74) is 2.30. The van der Waals surface area contributed by atoms with Gasteiger partial charge in [0.05, 0.1) is 29.5 Å². The van der Waals surface area contributed by atoms with E-state index in [1.807, 2.05) is 45.0 Å². The first kappa shape index (κ1) is 25.0. The van der Waals surface area contributed by atoms with Crippen molar-refractivity contribution < 1.29 is 22.7 Å². The molecule has 33 heavy (non-hydrogen) atoms. The van der Waals surface area contributed by atoms with E-state index in [1.54, 1.807) is 19.1 Å². The van der Waals surface area contributed by atoms with Gasteiger partial charge in [-0.05, 0) is 58.0 Å². The number of anilines is 2. The van der Waals surface area contributed by atoms with Crippen molar-refractivity contribution in [2.24, 2.45) is 0 Å². The van der Waals surface area contributed by atoms with Crippen molar-refractivity contribution in [1.82, 2.24) is 4.31 Å². The molecule has 0 bridgehead atoms. The van der Waals surface area contributed by atoms with Crippen molar-refractivity contribution in [1.29, 1.82) is 0 Å². The summed E-state index contributed by atoms with van der Waals surface area (Å²) in [6, 6.07) is 12.3. The number of sulfonamides is 1. The molecular formula is C24H33N3O5S. The average Bonchev–Trinajstić information content (AvgIpc) is 2.82. The van der Waals surface area contributed by atoms with Gasteiger partial charge in [0.15, 0.2) is 6.10 Å². The molecule has 2 aromatic rings. The first-order valence-corrected chi connectivity index (χ1v) is 12.7. The molecule has 0 aliphatic carbocycles. The molecule has 2 aromatic carbocycles. The summed E-state index contributed by atoms with van der Waals surface area (Å²) in [5.74, 6) is 0.237. The maximum atomic E-state index is 13.2. The topological polar surface area (TPSA) is 88.2 Å². The van der Waals surface area contributed by atoms with Crippen molar-refractivity contribution in [3.05, 3.63) is 48.0 Å². The van der Waals surface area contributed by atoms with Gasteiger partial charge in [0.2, 0.25) is 10.0 Å². The molecular weight excluding hydrogens is 442 g/mol. The number of aryl methyl sites for hydroxylation is 1. The molecule has 1 aliphatic heterocycles. The molecule has 1 unspecified atom stereocenters. The van der Waals surface area contributed by atoms with Gasteiger partial charge in [-0.2, -0.15) is 4.31 Å². The van der Waals surface area contributed by atoms with E-state index in [4.69, 9.17) is 9.47 Å². The van der Waals surface area contributed by atoms with Gasteiger partial charge in [-0.3, -0.25) is 4.79 Å². The van der Waals surface area contributed by atoms with E-state index in [1.165, 1.54) is 10.4 Å². The predicted octanol–water partition coefficient (Wildman–Crippen LogP) is 3.27. The molecule has 1 atom stereocenters. The average molecular weight is 476 g/mol. The first-order chi connectivity index (χ1) is 15.8. The minimum absolute atomic E-state index is 0.141. The number of hydrogen-bond donors (Lipinski definition) is 1. The predicted molar refractivity (Wildman–Crippen MR) is 129 cm³/mol. The molecule has 8 nitrogen and oxygen atoms in total. The molecule has 180 valence electrons. The number of hydrogen-bond acceptors (Lipinski definition) is 6. The molecule has 1 N–H and O–H groups in total. The van der Waals surface area contributed by atoms with Gasteiger partial charge in [-0.1, -0.05) is 17.7 Å². The highest BCUT2D eigenvalue weighted by Crippen LogP contribution is 2.31. The Morgan fingerprint density at radius 3 is 2.36 bits per heavy atom. The van der Waals surface area contributed by atoms with Gasteiger partial charge >= 0.3 is 0 Å². The molecule has 1 amide bonds. The monoisotopic (exact) mass is 475 g/mol. The van der Waals surface area contributed by atoms with E-state index >= 15 is 0 Å². The summed E-state index contributed by atoms with van der Waals surface area (Å²) in [6.07, 6.45) is -0.767. The fourth-order valence-electron chi connectivity index (χ4n) is 3.66. The lowest BCUT2D eigenvalue weighted by atomic mass is 10.2. The fraction of sp³-hybridized carbons (Fsp3) is 0.458. The Hall–Kier alpha value is -2.62. The second-order valence-electron chi connectivity index (χ2n) is 7.93. The van der Waals surface area contributed by atoms with Crippen molar-refractivity contribution in [3.63, 3.8) is 0 Å². The van der Waals surface area contributed by atoms with Crippen LogP contribution in [0.15, 0.2) is 47.4 Å². The summed E-state index contributed by atoms with van der Waals surface area (Å²) >= 11 is 0. The molecule has 1 heterocycles. The van der Waals surface area contributed by atoms with E-state index in [9.17, 15) is 13.2 Å². The van der Waals surface area contributed by atoms with Gasteiger partial charge in [-0.25, -0.2) is 8.42 Å². The number of nitrogens with zero attached hydrogens (tertiary/aromatic N) is 2. The Bertz CT molecular complexity index is 1050. The smallest absolute Gasteiger partial charge is 0.265 e. The van der Waals surface area contributed by atoms with E-state index in [-0.39, 0.29) is 10.8 Å². The standard InChI is InChI=1S/C24H33N3O5S/c1-5-26(6-2)23-12-11-21(33(29,30)27-13-15-31-16-14-27)17-22(23)25-24(28)19(4)32-20-9-7-18(3)8-10-20/h7-12,17,19H,5-6,13-16H2,1-4H3,(H,25,28). The van der Waals surface area contributed by atoms with E-state index in [0.29, 0.717) is 50.8 Å². The molecule has 0 radical (unpaired) electrons. The van der Waals surface area contributed by atoms with E-state index in [2.05, 4.69) is 10.2 Å². The highest BCUT2D eigenvalue weighted by molar-refractivity contribution is 7.89. The van der Waals surface area contributed by atoms with Crippen LogP contribution < -0.4 is 15.0 Å². The largest absolute Gasteiger partial charge is 0.481 e. The SMILES string of the molecule is CCN(CC)c1ccc(S(=O)(=O)N2CCOCC2)cc1NC(=O)C(C)Oc1ccc(C)cc1. The second kappa shape index (κ2) is 11.0. The van der Waals surface area contributed by atoms with Crippen LogP contribution in [-0.4, -0.2) is 64.1 Å². The lowest BCUT2D eigenvalue weighted by molar-refractivity contribution is -0.122. The van der Waals surface area contributed by atoms with E-state index in [0.717, 1.165) is 11.3 Å². The van der Waals surface area contributed by atoms with Crippen molar-refractivity contribution in [2.75, 3.05) is 49.6 Å². The Balaban J connectivity index is 1.87. The second-order valence-corrected chi connectivity index (χ2v) is 9.87. The number of carbonyl (C=O) groups excluding carboxylic acids is 1. The zero-order valence-electron chi connectivity index (χ0n) is 19.7. The molecule has 1 saturated heterocycles. The van der Waals surface area contributed by atoms with Crippen LogP contribution in [0.4, 0.5) is 11.4 Å². The first-order valence-electron chi connectivity index (χ1n) is 11.3. The molecule has 0 aromatic heterocycles. The maximum Gasteiger partial charge on any atom is 0.265 e. The van der Waals surface area contributed by atoms with Crippen LogP contribution in [0.1, 0.15) is 26.3 Å². The van der Waals surface area contributed by atoms with Crippen molar-refractivity contribution in [3.8, 4) is 5.75 Å². The van der Waals surface area contributed by atoms with Crippen LogP contribution in [-0.2, 0) is 19.6 Å². The third-order valence-electron chi connectivity index (χ3n) is 5.64. The number of rotatable bonds is 9. The quantitative estimate of drug-likeness (QED) is 0.599. The maximum absolute atomic E-state index is 13.2. The lowest BCUT2D eigenvalue weighted by Crippen LogP contribution is -2.40. The molecule has 3 rings (SSSR count). The van der Waals surface area contributed by atoms with Crippen molar-refractivity contribution in [2.45, 2.75) is 38.7 Å². The zero-order chi connectivity index (χ0) is 24.0. The number of carbonyl (C=O) groups is 1. The fourth-order valence-corrected chi connectivity index (χ4v) is 5.10. The van der Waals surface area contributed by atoms with E-state index < -0.39 is 16.1 Å². The van der Waals surface area contributed by atoms with Crippen LogP contribution >= 0.6 is 0 Å². The lowest BCUT2D eigenvalue weighted by Gasteiger charge is -2.28. The Morgan fingerprint density at radius 1 is 1.12 bits per heavy atom.